The Morgan fingerprint density at radius 2 is 2.00 bits per heavy atom. The van der Waals surface area contributed by atoms with Crippen LogP contribution in [0.25, 0.3) is 0 Å². The van der Waals surface area contributed by atoms with Gasteiger partial charge in [-0.15, -0.1) is 18.8 Å². The maximum absolute atomic E-state index is 5.06. The van der Waals surface area contributed by atoms with Gasteiger partial charge in [-0.05, 0) is 6.92 Å². The number of rotatable bonds is 0. The maximum Gasteiger partial charge on any atom is 0.0633 e. The Balaban J connectivity index is 0. The van der Waals surface area contributed by atoms with Crippen LogP contribution in [0.15, 0.2) is 0 Å². The molecule has 2 N–H and O–H groups in total. The first-order valence-corrected chi connectivity index (χ1v) is 1.49. The summed E-state index contributed by atoms with van der Waals surface area (Å²) in [5.74, 6) is 2.31. The first-order valence-electron chi connectivity index (χ1n) is 1.49. The second-order valence-electron chi connectivity index (χ2n) is 0.955. The zero-order valence-corrected chi connectivity index (χ0v) is 4.46. The van der Waals surface area contributed by atoms with Crippen LogP contribution in [-0.2, 0) is 0 Å². The van der Waals surface area contributed by atoms with E-state index in [1.807, 2.05) is 0 Å². The van der Waals surface area contributed by atoms with E-state index in [1.165, 1.54) is 0 Å². The molecule has 0 saturated heterocycles. The van der Waals surface area contributed by atoms with Crippen molar-refractivity contribution in [3.05, 3.63) is 0 Å². The quantitative estimate of drug-likeness (QED) is 0.443. The topological polar surface area (TPSA) is 26.0 Å². The fourth-order valence-corrected chi connectivity index (χ4v) is 0. The Labute approximate surface area is 44.3 Å². The molecule has 0 spiro atoms. The van der Waals surface area contributed by atoms with E-state index in [2.05, 4.69) is 5.92 Å². The Hall–Kier alpha value is -0.190. The van der Waals surface area contributed by atoms with Gasteiger partial charge in [0.1, 0.15) is 0 Å². The summed E-state index contributed by atoms with van der Waals surface area (Å²) in [6, 6.07) is -0.0880. The van der Waals surface area contributed by atoms with Crippen LogP contribution >= 0.6 is 12.4 Å². The van der Waals surface area contributed by atoms with Crippen molar-refractivity contribution in [1.29, 1.82) is 0 Å². The number of hydrogen-bond acceptors (Lipinski definition) is 1. The molecular weight excluding hydrogens is 97.5 g/mol. The Kier molecular flexibility index (Phi) is 7.42. The molecule has 0 rings (SSSR count). The second kappa shape index (κ2) is 4.81. The molecule has 1 nitrogen and oxygen atoms in total. The lowest BCUT2D eigenvalue weighted by molar-refractivity contribution is 0.961. The average molecular weight is 106 g/mol. The van der Waals surface area contributed by atoms with Crippen LogP contribution in [-0.4, -0.2) is 6.04 Å². The average Bonchev–Trinajstić information content (AvgIpc) is 1.38. The highest BCUT2D eigenvalue weighted by molar-refractivity contribution is 5.85. The molecule has 0 bridgehead atoms. The highest BCUT2D eigenvalue weighted by Gasteiger charge is 1.73. The van der Waals surface area contributed by atoms with Crippen LogP contribution in [0.2, 0.25) is 0 Å². The van der Waals surface area contributed by atoms with E-state index >= 15 is 0 Å². The molecular formula is C4H8ClN. The summed E-state index contributed by atoms with van der Waals surface area (Å²) < 4.78 is 0. The number of halogens is 1. The summed E-state index contributed by atoms with van der Waals surface area (Å²) in [6.45, 7) is 1.76. The SMILES string of the molecule is C#C[C@H](C)N.Cl. The van der Waals surface area contributed by atoms with E-state index in [0.717, 1.165) is 0 Å². The minimum absolute atomic E-state index is 0. The summed E-state index contributed by atoms with van der Waals surface area (Å²) in [4.78, 5) is 0. The van der Waals surface area contributed by atoms with Crippen molar-refractivity contribution in [2.75, 3.05) is 0 Å². The molecule has 0 aliphatic carbocycles. The van der Waals surface area contributed by atoms with Gasteiger partial charge in [-0.3, -0.25) is 0 Å². The molecule has 0 radical (unpaired) electrons. The molecule has 0 unspecified atom stereocenters. The van der Waals surface area contributed by atoms with Crippen LogP contribution in [0.4, 0.5) is 0 Å². The van der Waals surface area contributed by atoms with E-state index in [0.29, 0.717) is 0 Å². The summed E-state index contributed by atoms with van der Waals surface area (Å²) in [6.07, 6.45) is 4.80. The van der Waals surface area contributed by atoms with Crippen LogP contribution in [0, 0.1) is 12.3 Å². The smallest absolute Gasteiger partial charge is 0.0633 e. The number of terminal acetylenes is 1. The highest BCUT2D eigenvalue weighted by Crippen LogP contribution is 1.59. The molecule has 0 fully saturated rings. The van der Waals surface area contributed by atoms with Gasteiger partial charge in [0, 0.05) is 0 Å². The van der Waals surface area contributed by atoms with Gasteiger partial charge in [-0.25, -0.2) is 0 Å². The van der Waals surface area contributed by atoms with Gasteiger partial charge in [-0.1, -0.05) is 5.92 Å². The summed E-state index contributed by atoms with van der Waals surface area (Å²) >= 11 is 0. The first kappa shape index (κ1) is 9.26. The summed E-state index contributed by atoms with van der Waals surface area (Å²) in [5.41, 5.74) is 5.06. The summed E-state index contributed by atoms with van der Waals surface area (Å²) in [5, 5.41) is 0. The number of hydrogen-bond donors (Lipinski definition) is 1. The van der Waals surface area contributed by atoms with Crippen molar-refractivity contribution in [3.8, 4) is 12.3 Å². The molecule has 6 heavy (non-hydrogen) atoms. The van der Waals surface area contributed by atoms with Gasteiger partial charge in [0.05, 0.1) is 6.04 Å². The zero-order valence-electron chi connectivity index (χ0n) is 3.64. The van der Waals surface area contributed by atoms with Crippen molar-refractivity contribution < 1.29 is 0 Å². The third-order valence-electron chi connectivity index (χ3n) is 0.263. The summed E-state index contributed by atoms with van der Waals surface area (Å²) in [7, 11) is 0. The van der Waals surface area contributed by atoms with E-state index in [-0.39, 0.29) is 18.4 Å². The first-order chi connectivity index (χ1) is 2.27. The largest absolute Gasteiger partial charge is 0.318 e. The molecule has 0 aliphatic heterocycles. The van der Waals surface area contributed by atoms with Crippen LogP contribution in [0.3, 0.4) is 0 Å². The Morgan fingerprint density at radius 1 is 1.83 bits per heavy atom. The second-order valence-corrected chi connectivity index (χ2v) is 0.955. The molecule has 36 valence electrons. The van der Waals surface area contributed by atoms with E-state index < -0.39 is 0 Å². The molecule has 0 saturated carbocycles. The Bertz CT molecular complexity index is 53.1. The normalized spacial score (nSPS) is 10.8. The fraction of sp³-hybridized carbons (Fsp3) is 0.500. The monoisotopic (exact) mass is 105 g/mol. The third-order valence-corrected chi connectivity index (χ3v) is 0.263. The molecule has 0 aromatic heterocycles. The van der Waals surface area contributed by atoms with Crippen molar-refractivity contribution in [3.63, 3.8) is 0 Å². The van der Waals surface area contributed by atoms with Crippen molar-refractivity contribution in [2.24, 2.45) is 5.73 Å². The molecule has 0 aromatic carbocycles. The standard InChI is InChI=1S/C4H7N.ClH/c1-3-4(2)5;/h1,4H,5H2,2H3;1H/t4-;/m0./s1. The molecule has 0 amide bonds. The van der Waals surface area contributed by atoms with Gasteiger partial charge in [0.15, 0.2) is 0 Å². The van der Waals surface area contributed by atoms with Crippen molar-refractivity contribution >= 4 is 12.4 Å². The van der Waals surface area contributed by atoms with Gasteiger partial charge in [-0.2, -0.15) is 0 Å². The predicted molar refractivity (Wildman–Crippen MR) is 29.7 cm³/mol. The third kappa shape index (κ3) is 9.18. The van der Waals surface area contributed by atoms with Gasteiger partial charge in [0.25, 0.3) is 0 Å². The number of nitrogens with two attached hydrogens (primary N) is 1. The lowest BCUT2D eigenvalue weighted by Gasteiger charge is -1.82. The highest BCUT2D eigenvalue weighted by atomic mass is 35.5. The molecule has 0 aliphatic rings. The lowest BCUT2D eigenvalue weighted by atomic mass is 10.4. The molecule has 1 atom stereocenters. The minimum atomic E-state index is -0.0880. The van der Waals surface area contributed by atoms with E-state index in [1.54, 1.807) is 6.92 Å². The lowest BCUT2D eigenvalue weighted by Crippen LogP contribution is -2.10. The fourth-order valence-electron chi connectivity index (χ4n) is 0. The Morgan fingerprint density at radius 3 is 2.00 bits per heavy atom. The maximum atomic E-state index is 5.06. The predicted octanol–water partition coefficient (Wildman–Crippen LogP) is 0.389. The van der Waals surface area contributed by atoms with E-state index in [9.17, 15) is 0 Å². The van der Waals surface area contributed by atoms with Crippen LogP contribution in [0.5, 0.6) is 0 Å². The van der Waals surface area contributed by atoms with Gasteiger partial charge in [0.2, 0.25) is 0 Å². The molecule has 2 heteroatoms. The molecule has 0 heterocycles. The van der Waals surface area contributed by atoms with Crippen molar-refractivity contribution in [1.82, 2.24) is 0 Å². The van der Waals surface area contributed by atoms with E-state index in [4.69, 9.17) is 12.2 Å². The van der Waals surface area contributed by atoms with Crippen molar-refractivity contribution in [2.45, 2.75) is 13.0 Å². The van der Waals surface area contributed by atoms with Crippen LogP contribution < -0.4 is 5.73 Å². The zero-order chi connectivity index (χ0) is 4.28. The van der Waals surface area contributed by atoms with Gasteiger partial charge < -0.3 is 5.73 Å². The molecule has 0 aromatic rings. The van der Waals surface area contributed by atoms with Gasteiger partial charge >= 0.3 is 0 Å². The van der Waals surface area contributed by atoms with Crippen LogP contribution in [0.1, 0.15) is 6.92 Å². The minimum Gasteiger partial charge on any atom is -0.318 e.